The number of hydrogen-bond donors (Lipinski definition) is 1. The van der Waals surface area contributed by atoms with E-state index in [1.54, 1.807) is 6.92 Å². The molecule has 0 saturated heterocycles. The van der Waals surface area contributed by atoms with Crippen LogP contribution in [0.3, 0.4) is 0 Å². The fourth-order valence-electron chi connectivity index (χ4n) is 1.43. The van der Waals surface area contributed by atoms with Crippen LogP contribution < -0.4 is 0 Å². The van der Waals surface area contributed by atoms with E-state index in [2.05, 4.69) is 15.9 Å². The molecule has 1 N–H and O–H groups in total. The highest BCUT2D eigenvalue weighted by atomic mass is 79.9. The number of carbonyl (C=O) groups is 1. The van der Waals surface area contributed by atoms with Crippen molar-refractivity contribution in [2.24, 2.45) is 0 Å². The second-order valence-electron chi connectivity index (χ2n) is 3.88. The summed E-state index contributed by atoms with van der Waals surface area (Å²) in [5, 5.41) is 10.2. The Morgan fingerprint density at radius 3 is 2.76 bits per heavy atom. The molecule has 0 radical (unpaired) electrons. The first-order valence-corrected chi connectivity index (χ1v) is 5.99. The predicted octanol–water partition coefficient (Wildman–Crippen LogP) is 2.75. The van der Waals surface area contributed by atoms with E-state index in [1.807, 2.05) is 0 Å². The summed E-state index contributed by atoms with van der Waals surface area (Å²) in [7, 11) is 0. The van der Waals surface area contributed by atoms with Crippen LogP contribution in [0.25, 0.3) is 0 Å². The second kappa shape index (κ2) is 5.60. The molecule has 0 spiro atoms. The van der Waals surface area contributed by atoms with Crippen LogP contribution in [0.2, 0.25) is 0 Å². The summed E-state index contributed by atoms with van der Waals surface area (Å²) in [5.41, 5.74) is -0.915. The molecular formula is C12H14BrFO3. The fourth-order valence-corrected chi connectivity index (χ4v) is 1.81. The standard InChI is InChI=1S/C12H14BrFO3/c1-3-17-11(15)7-12(2,16)8-4-5-10(14)9(13)6-8/h4-6,16H,3,7H2,1-2H3/t12-/m0/s1. The fraction of sp³-hybridized carbons (Fsp3) is 0.417. The van der Waals surface area contributed by atoms with Gasteiger partial charge in [-0.1, -0.05) is 6.07 Å². The minimum atomic E-state index is -1.37. The number of rotatable bonds is 4. The number of carbonyl (C=O) groups excluding carboxylic acids is 1. The zero-order valence-corrected chi connectivity index (χ0v) is 11.3. The molecule has 94 valence electrons. The minimum absolute atomic E-state index is 0.168. The first kappa shape index (κ1) is 14.1. The number of ether oxygens (including phenoxy) is 1. The summed E-state index contributed by atoms with van der Waals surface area (Å²) in [6.45, 7) is 3.45. The summed E-state index contributed by atoms with van der Waals surface area (Å²) < 4.78 is 18.1. The van der Waals surface area contributed by atoms with Gasteiger partial charge < -0.3 is 9.84 Å². The van der Waals surface area contributed by atoms with Crippen molar-refractivity contribution < 1.29 is 19.0 Å². The van der Waals surface area contributed by atoms with Gasteiger partial charge >= 0.3 is 5.97 Å². The lowest BCUT2D eigenvalue weighted by Gasteiger charge is -2.23. The third-order valence-corrected chi connectivity index (χ3v) is 2.94. The van der Waals surface area contributed by atoms with Crippen molar-refractivity contribution in [3.63, 3.8) is 0 Å². The van der Waals surface area contributed by atoms with E-state index in [4.69, 9.17) is 4.74 Å². The number of aliphatic hydroxyl groups is 1. The van der Waals surface area contributed by atoms with E-state index in [0.29, 0.717) is 5.56 Å². The van der Waals surface area contributed by atoms with Crippen LogP contribution in [-0.2, 0) is 15.1 Å². The summed E-state index contributed by atoms with van der Waals surface area (Å²) in [6, 6.07) is 4.13. The Morgan fingerprint density at radius 1 is 1.59 bits per heavy atom. The Morgan fingerprint density at radius 2 is 2.24 bits per heavy atom. The van der Waals surface area contributed by atoms with Crippen molar-refractivity contribution in [2.75, 3.05) is 6.61 Å². The number of halogens is 2. The van der Waals surface area contributed by atoms with E-state index in [0.717, 1.165) is 0 Å². The van der Waals surface area contributed by atoms with Gasteiger partial charge in [0.1, 0.15) is 5.82 Å². The Hall–Kier alpha value is -0.940. The molecule has 1 rings (SSSR count). The molecule has 0 saturated carbocycles. The molecule has 1 aromatic carbocycles. The molecule has 0 unspecified atom stereocenters. The number of esters is 1. The van der Waals surface area contributed by atoms with E-state index in [-0.39, 0.29) is 17.5 Å². The maximum absolute atomic E-state index is 13.1. The molecule has 3 nitrogen and oxygen atoms in total. The zero-order chi connectivity index (χ0) is 13.1. The Labute approximate surface area is 108 Å². The predicted molar refractivity (Wildman–Crippen MR) is 64.9 cm³/mol. The summed E-state index contributed by atoms with van der Waals surface area (Å²) in [5.74, 6) is -0.904. The first-order chi connectivity index (χ1) is 7.86. The molecule has 1 atom stereocenters. The minimum Gasteiger partial charge on any atom is -0.466 e. The van der Waals surface area contributed by atoms with Crippen molar-refractivity contribution >= 4 is 21.9 Å². The molecule has 0 heterocycles. The third kappa shape index (κ3) is 3.78. The molecule has 0 fully saturated rings. The maximum Gasteiger partial charge on any atom is 0.309 e. The first-order valence-electron chi connectivity index (χ1n) is 5.20. The van der Waals surface area contributed by atoms with E-state index in [9.17, 15) is 14.3 Å². The molecule has 17 heavy (non-hydrogen) atoms. The van der Waals surface area contributed by atoms with E-state index < -0.39 is 17.4 Å². The van der Waals surface area contributed by atoms with Gasteiger partial charge in [0.05, 0.1) is 23.1 Å². The van der Waals surface area contributed by atoms with Crippen LogP contribution >= 0.6 is 15.9 Å². The van der Waals surface area contributed by atoms with Gasteiger partial charge in [-0.25, -0.2) is 4.39 Å². The Balaban J connectivity index is 2.88. The summed E-state index contributed by atoms with van der Waals surface area (Å²) in [4.78, 5) is 11.3. The average Bonchev–Trinajstić information content (AvgIpc) is 2.21. The highest BCUT2D eigenvalue weighted by Crippen LogP contribution is 2.28. The molecule has 0 aliphatic carbocycles. The highest BCUT2D eigenvalue weighted by Gasteiger charge is 2.28. The lowest BCUT2D eigenvalue weighted by atomic mass is 9.93. The van der Waals surface area contributed by atoms with Crippen molar-refractivity contribution in [3.05, 3.63) is 34.1 Å². The van der Waals surface area contributed by atoms with Gasteiger partial charge in [0.2, 0.25) is 0 Å². The van der Waals surface area contributed by atoms with Crippen LogP contribution in [0.15, 0.2) is 22.7 Å². The smallest absolute Gasteiger partial charge is 0.309 e. The van der Waals surface area contributed by atoms with Crippen molar-refractivity contribution in [3.8, 4) is 0 Å². The van der Waals surface area contributed by atoms with Crippen molar-refractivity contribution in [1.29, 1.82) is 0 Å². The molecule has 0 aromatic heterocycles. The van der Waals surface area contributed by atoms with Gasteiger partial charge in [0, 0.05) is 0 Å². The SMILES string of the molecule is CCOC(=O)C[C@](C)(O)c1ccc(F)c(Br)c1. The average molecular weight is 305 g/mol. The van der Waals surface area contributed by atoms with Crippen molar-refractivity contribution in [2.45, 2.75) is 25.9 Å². The van der Waals surface area contributed by atoms with Gasteiger partial charge in [-0.2, -0.15) is 0 Å². The maximum atomic E-state index is 13.1. The van der Waals surface area contributed by atoms with Crippen molar-refractivity contribution in [1.82, 2.24) is 0 Å². The molecule has 0 amide bonds. The summed E-state index contributed by atoms with van der Waals surface area (Å²) >= 11 is 3.03. The van der Waals surface area contributed by atoms with Crippen LogP contribution in [0.5, 0.6) is 0 Å². The van der Waals surface area contributed by atoms with Crippen LogP contribution in [0, 0.1) is 5.82 Å². The van der Waals surface area contributed by atoms with Gasteiger partial charge in [-0.05, 0) is 47.5 Å². The van der Waals surface area contributed by atoms with Gasteiger partial charge in [0.15, 0.2) is 0 Å². The largest absolute Gasteiger partial charge is 0.466 e. The molecule has 0 bridgehead atoms. The molecule has 5 heteroatoms. The van der Waals surface area contributed by atoms with Crippen LogP contribution in [0.4, 0.5) is 4.39 Å². The van der Waals surface area contributed by atoms with Gasteiger partial charge in [-0.3, -0.25) is 4.79 Å². The van der Waals surface area contributed by atoms with Gasteiger partial charge in [0.25, 0.3) is 0 Å². The van der Waals surface area contributed by atoms with E-state index >= 15 is 0 Å². The normalized spacial score (nSPS) is 14.2. The van der Waals surface area contributed by atoms with Gasteiger partial charge in [-0.15, -0.1) is 0 Å². The highest BCUT2D eigenvalue weighted by molar-refractivity contribution is 9.10. The summed E-state index contributed by atoms with van der Waals surface area (Å²) in [6.07, 6.45) is -0.168. The molecule has 1 aromatic rings. The lowest BCUT2D eigenvalue weighted by molar-refractivity contribution is -0.148. The molecule has 0 aliphatic rings. The monoisotopic (exact) mass is 304 g/mol. The quantitative estimate of drug-likeness (QED) is 0.870. The second-order valence-corrected chi connectivity index (χ2v) is 4.74. The Kier molecular flexibility index (Phi) is 4.65. The zero-order valence-electron chi connectivity index (χ0n) is 9.67. The van der Waals surface area contributed by atoms with Crippen LogP contribution in [0.1, 0.15) is 25.8 Å². The molecule has 0 aliphatic heterocycles. The number of benzene rings is 1. The molecular weight excluding hydrogens is 291 g/mol. The third-order valence-electron chi connectivity index (χ3n) is 2.34. The lowest BCUT2D eigenvalue weighted by Crippen LogP contribution is -2.26. The Bertz CT molecular complexity index is 418. The van der Waals surface area contributed by atoms with Crippen LogP contribution in [-0.4, -0.2) is 17.7 Å². The van der Waals surface area contributed by atoms with E-state index in [1.165, 1.54) is 25.1 Å². The topological polar surface area (TPSA) is 46.5 Å². The number of hydrogen-bond acceptors (Lipinski definition) is 3.